The van der Waals surface area contributed by atoms with Gasteiger partial charge in [0.2, 0.25) is 5.91 Å². The number of hydrogen-bond donors (Lipinski definition) is 1. The van der Waals surface area contributed by atoms with Crippen molar-refractivity contribution >= 4 is 12.2 Å². The van der Waals surface area contributed by atoms with E-state index in [1.165, 1.54) is 0 Å². The average molecular weight is 169 g/mol. The Morgan fingerprint density at radius 2 is 2.00 bits per heavy atom. The first-order valence-electron chi connectivity index (χ1n) is 4.57. The van der Waals surface area contributed by atoms with E-state index in [1.807, 2.05) is 0 Å². The van der Waals surface area contributed by atoms with Crippen molar-refractivity contribution in [3.63, 3.8) is 0 Å². The van der Waals surface area contributed by atoms with Gasteiger partial charge in [0, 0.05) is 6.42 Å². The van der Waals surface area contributed by atoms with Crippen LogP contribution in [0, 0.1) is 0 Å². The molecular weight excluding hydrogens is 154 g/mol. The van der Waals surface area contributed by atoms with Gasteiger partial charge in [-0.25, -0.2) is 0 Å². The first-order chi connectivity index (χ1) is 5.83. The summed E-state index contributed by atoms with van der Waals surface area (Å²) in [6.45, 7) is 0. The van der Waals surface area contributed by atoms with Crippen molar-refractivity contribution in [2.24, 2.45) is 0 Å². The monoisotopic (exact) mass is 169 g/mol. The van der Waals surface area contributed by atoms with Gasteiger partial charge in [0.1, 0.15) is 6.29 Å². The molecule has 0 radical (unpaired) electrons. The zero-order valence-electron chi connectivity index (χ0n) is 7.21. The van der Waals surface area contributed by atoms with Gasteiger partial charge in [-0.1, -0.05) is 19.3 Å². The smallest absolute Gasteiger partial charge is 0.220 e. The molecular formula is C9H15NO2. The number of hydrogen-bond acceptors (Lipinski definition) is 2. The third-order valence-electron chi connectivity index (χ3n) is 2.18. The van der Waals surface area contributed by atoms with Crippen molar-refractivity contribution in [2.45, 2.75) is 44.6 Å². The second-order valence-electron chi connectivity index (χ2n) is 3.26. The van der Waals surface area contributed by atoms with Crippen molar-refractivity contribution in [1.82, 2.24) is 5.32 Å². The fraction of sp³-hybridized carbons (Fsp3) is 0.778. The van der Waals surface area contributed by atoms with Crippen molar-refractivity contribution in [1.29, 1.82) is 0 Å². The molecule has 1 unspecified atom stereocenters. The van der Waals surface area contributed by atoms with Crippen LogP contribution >= 0.6 is 0 Å². The zero-order chi connectivity index (χ0) is 8.81. The first kappa shape index (κ1) is 9.23. The summed E-state index contributed by atoms with van der Waals surface area (Å²) in [5, 5.41) is 2.70. The predicted molar refractivity (Wildman–Crippen MR) is 45.7 cm³/mol. The quantitative estimate of drug-likeness (QED) is 0.596. The van der Waals surface area contributed by atoms with E-state index in [1.54, 1.807) is 0 Å². The normalized spacial score (nSPS) is 26.3. The van der Waals surface area contributed by atoms with E-state index in [-0.39, 0.29) is 11.9 Å². The van der Waals surface area contributed by atoms with E-state index in [2.05, 4.69) is 5.32 Å². The number of aldehydes is 1. The third-order valence-corrected chi connectivity index (χ3v) is 2.18. The van der Waals surface area contributed by atoms with Gasteiger partial charge in [0.15, 0.2) is 0 Å². The summed E-state index contributed by atoms with van der Waals surface area (Å²) in [4.78, 5) is 21.6. The molecule has 3 heteroatoms. The maximum absolute atomic E-state index is 11.1. The van der Waals surface area contributed by atoms with Crippen LogP contribution in [0.3, 0.4) is 0 Å². The Morgan fingerprint density at radius 1 is 1.25 bits per heavy atom. The van der Waals surface area contributed by atoms with Gasteiger partial charge in [-0.3, -0.25) is 4.79 Å². The number of rotatable bonds is 1. The average Bonchev–Trinajstić information content (AvgIpc) is 2.16. The number of nitrogens with one attached hydrogen (secondary N) is 1. The molecule has 1 amide bonds. The molecule has 12 heavy (non-hydrogen) atoms. The summed E-state index contributed by atoms with van der Waals surface area (Å²) in [6.07, 6.45) is 6.46. The first-order valence-corrected chi connectivity index (χ1v) is 4.57. The van der Waals surface area contributed by atoms with Crippen LogP contribution in [0.2, 0.25) is 0 Å². The van der Waals surface area contributed by atoms with Crippen LogP contribution in [-0.2, 0) is 9.59 Å². The summed E-state index contributed by atoms with van der Waals surface area (Å²) < 4.78 is 0. The standard InChI is InChI=1S/C9H15NO2/c11-7-8-5-3-1-2-4-6-9(12)10-8/h7-8H,1-6H2,(H,10,12). The molecule has 0 aromatic carbocycles. The van der Waals surface area contributed by atoms with Crippen LogP contribution in [-0.4, -0.2) is 18.2 Å². The summed E-state index contributed by atoms with van der Waals surface area (Å²) >= 11 is 0. The largest absolute Gasteiger partial charge is 0.347 e. The molecule has 1 N–H and O–H groups in total. The van der Waals surface area contributed by atoms with Crippen molar-refractivity contribution in [2.75, 3.05) is 0 Å². The molecule has 1 heterocycles. The lowest BCUT2D eigenvalue weighted by Gasteiger charge is -2.09. The van der Waals surface area contributed by atoms with E-state index in [4.69, 9.17) is 0 Å². The van der Waals surface area contributed by atoms with Gasteiger partial charge >= 0.3 is 0 Å². The SMILES string of the molecule is O=CC1CCCCCCC(=O)N1. The molecule has 0 aromatic heterocycles. The maximum atomic E-state index is 11.1. The fourth-order valence-electron chi connectivity index (χ4n) is 1.46. The van der Waals surface area contributed by atoms with Crippen LogP contribution in [0.5, 0.6) is 0 Å². The Kier molecular flexibility index (Phi) is 3.77. The second-order valence-corrected chi connectivity index (χ2v) is 3.26. The van der Waals surface area contributed by atoms with Crippen molar-refractivity contribution in [3.05, 3.63) is 0 Å². The minimum absolute atomic E-state index is 0.0222. The molecule has 1 aliphatic rings. The van der Waals surface area contributed by atoms with E-state index in [0.717, 1.165) is 38.4 Å². The zero-order valence-corrected chi connectivity index (χ0v) is 7.21. The second kappa shape index (κ2) is 4.91. The Bertz CT molecular complexity index is 168. The summed E-state index contributed by atoms with van der Waals surface area (Å²) in [5.74, 6) is 0.0222. The Morgan fingerprint density at radius 3 is 2.75 bits per heavy atom. The number of amides is 1. The van der Waals surface area contributed by atoms with Crippen LogP contribution < -0.4 is 5.32 Å². The molecule has 3 nitrogen and oxygen atoms in total. The van der Waals surface area contributed by atoms with Gasteiger partial charge in [0.05, 0.1) is 6.04 Å². The molecule has 0 aliphatic carbocycles. The van der Waals surface area contributed by atoms with Gasteiger partial charge in [-0.2, -0.15) is 0 Å². The lowest BCUT2D eigenvalue weighted by Crippen LogP contribution is -2.35. The van der Waals surface area contributed by atoms with Gasteiger partial charge in [-0.15, -0.1) is 0 Å². The molecule has 0 spiro atoms. The van der Waals surface area contributed by atoms with Crippen LogP contribution in [0.4, 0.5) is 0 Å². The molecule has 0 saturated carbocycles. The van der Waals surface area contributed by atoms with Gasteiger partial charge < -0.3 is 10.1 Å². The van der Waals surface area contributed by atoms with Crippen LogP contribution in [0.1, 0.15) is 38.5 Å². The predicted octanol–water partition coefficient (Wildman–Crippen LogP) is 1.02. The Balaban J connectivity index is 2.42. The van der Waals surface area contributed by atoms with E-state index < -0.39 is 0 Å². The summed E-state index contributed by atoms with van der Waals surface area (Å²) in [6, 6.07) is -0.240. The lowest BCUT2D eigenvalue weighted by atomic mass is 10.1. The lowest BCUT2D eigenvalue weighted by molar-refractivity contribution is -0.124. The molecule has 1 saturated heterocycles. The maximum Gasteiger partial charge on any atom is 0.220 e. The highest BCUT2D eigenvalue weighted by Gasteiger charge is 2.12. The number of carbonyl (C=O) groups excluding carboxylic acids is 2. The topological polar surface area (TPSA) is 46.2 Å². The highest BCUT2D eigenvalue weighted by molar-refractivity contribution is 5.79. The molecule has 1 atom stereocenters. The highest BCUT2D eigenvalue weighted by atomic mass is 16.2. The van der Waals surface area contributed by atoms with E-state index in [0.29, 0.717) is 6.42 Å². The third kappa shape index (κ3) is 3.03. The molecule has 1 fully saturated rings. The fourth-order valence-corrected chi connectivity index (χ4v) is 1.46. The highest BCUT2D eigenvalue weighted by Crippen LogP contribution is 2.09. The molecule has 1 aliphatic heterocycles. The summed E-state index contributed by atoms with van der Waals surface area (Å²) in [5.41, 5.74) is 0. The van der Waals surface area contributed by atoms with Gasteiger partial charge in [-0.05, 0) is 12.8 Å². The van der Waals surface area contributed by atoms with Crippen LogP contribution in [0.25, 0.3) is 0 Å². The minimum atomic E-state index is -0.240. The Hall–Kier alpha value is -0.860. The van der Waals surface area contributed by atoms with E-state index >= 15 is 0 Å². The van der Waals surface area contributed by atoms with Gasteiger partial charge in [0.25, 0.3) is 0 Å². The summed E-state index contributed by atoms with van der Waals surface area (Å²) in [7, 11) is 0. The van der Waals surface area contributed by atoms with E-state index in [9.17, 15) is 9.59 Å². The van der Waals surface area contributed by atoms with Crippen molar-refractivity contribution < 1.29 is 9.59 Å². The molecule has 0 bridgehead atoms. The number of carbonyl (C=O) groups is 2. The molecule has 1 rings (SSSR count). The van der Waals surface area contributed by atoms with Crippen LogP contribution in [0.15, 0.2) is 0 Å². The minimum Gasteiger partial charge on any atom is -0.347 e. The Labute approximate surface area is 72.5 Å². The molecule has 68 valence electrons. The molecule has 0 aromatic rings. The van der Waals surface area contributed by atoms with Crippen molar-refractivity contribution in [3.8, 4) is 0 Å².